The number of carbonyl (C=O) groups is 1. The van der Waals surface area contributed by atoms with E-state index in [4.69, 9.17) is 9.93 Å². The zero-order valence-corrected chi connectivity index (χ0v) is 17.5. The van der Waals surface area contributed by atoms with Crippen LogP contribution in [0, 0.1) is 16.6 Å². The quantitative estimate of drug-likeness (QED) is 0.335. The first-order valence-corrected chi connectivity index (χ1v) is 10.1. The van der Waals surface area contributed by atoms with Gasteiger partial charge in [-0.1, -0.05) is 23.4 Å². The number of nitrogens with zero attached hydrogens (tertiary/aromatic N) is 3. The van der Waals surface area contributed by atoms with E-state index in [2.05, 4.69) is 25.8 Å². The number of halogens is 4. The van der Waals surface area contributed by atoms with Gasteiger partial charge in [0.15, 0.2) is 5.82 Å². The van der Waals surface area contributed by atoms with Gasteiger partial charge in [0.25, 0.3) is 0 Å². The van der Waals surface area contributed by atoms with E-state index in [1.54, 1.807) is 18.2 Å². The molecule has 2 heterocycles. The number of allylic oxidation sites excluding steroid dienone is 1. The Labute approximate surface area is 190 Å². The van der Waals surface area contributed by atoms with Crippen LogP contribution in [0.4, 0.5) is 23.4 Å². The summed E-state index contributed by atoms with van der Waals surface area (Å²) < 4.78 is 58.3. The number of hydrogen-bond donors (Lipinski definition) is 3. The number of carbonyl (C=O) groups excluding carboxylic acids is 1. The molecule has 3 aromatic rings. The van der Waals surface area contributed by atoms with Gasteiger partial charge in [0.05, 0.1) is 5.70 Å². The molecule has 3 N–H and O–H groups in total. The fourth-order valence-electron chi connectivity index (χ4n) is 3.17. The number of benzene rings is 1. The van der Waals surface area contributed by atoms with Crippen molar-refractivity contribution in [3.63, 3.8) is 0 Å². The van der Waals surface area contributed by atoms with E-state index in [1.165, 1.54) is 36.7 Å². The van der Waals surface area contributed by atoms with Crippen molar-refractivity contribution in [2.45, 2.75) is 25.6 Å². The standard InChI is InChI=1S/C22H18F4N6O2/c23-14-4-2-1-3-13(14)12-29-17(16-6-10-34-32-16)11-15(27)19-28-9-5-18(30-19)31-20(33)21(7-8-21)22(24,25)26/h1-6,9-11,27,29H,7-8,12H2,(H,28,30,31,33)/b17-11-,27-15?. The third kappa shape index (κ3) is 4.80. The van der Waals surface area contributed by atoms with E-state index >= 15 is 0 Å². The van der Waals surface area contributed by atoms with Gasteiger partial charge in [-0.3, -0.25) is 10.2 Å². The van der Waals surface area contributed by atoms with Gasteiger partial charge in [-0.05, 0) is 31.1 Å². The average Bonchev–Trinajstić information content (AvgIpc) is 3.47. The third-order valence-electron chi connectivity index (χ3n) is 5.29. The summed E-state index contributed by atoms with van der Waals surface area (Å²) >= 11 is 0. The molecule has 4 rings (SSSR count). The van der Waals surface area contributed by atoms with Crippen LogP contribution in [-0.4, -0.2) is 32.9 Å². The van der Waals surface area contributed by atoms with Crippen LogP contribution in [0.2, 0.25) is 0 Å². The number of alkyl halides is 3. The highest BCUT2D eigenvalue weighted by atomic mass is 19.4. The highest BCUT2D eigenvalue weighted by Crippen LogP contribution is 2.58. The van der Waals surface area contributed by atoms with Crippen LogP contribution >= 0.6 is 0 Å². The number of amides is 1. The SMILES string of the molecule is N=C(/C=C(\NCc1ccccc1F)c1ccon1)c1nccc(NC(=O)C2(C(F)(F)F)CC2)n1. The fourth-order valence-corrected chi connectivity index (χ4v) is 3.17. The van der Waals surface area contributed by atoms with Crippen LogP contribution in [0.15, 0.2) is 59.5 Å². The topological polar surface area (TPSA) is 117 Å². The van der Waals surface area contributed by atoms with Gasteiger partial charge in [-0.2, -0.15) is 13.2 Å². The Morgan fingerprint density at radius 2 is 1.97 bits per heavy atom. The van der Waals surface area contributed by atoms with Crippen molar-refractivity contribution in [1.29, 1.82) is 5.41 Å². The van der Waals surface area contributed by atoms with E-state index in [0.29, 0.717) is 17.0 Å². The highest BCUT2D eigenvalue weighted by Gasteiger charge is 2.68. The summed E-state index contributed by atoms with van der Waals surface area (Å²) in [6.45, 7) is 0.0785. The smallest absolute Gasteiger partial charge is 0.379 e. The average molecular weight is 474 g/mol. The molecule has 0 radical (unpaired) electrons. The Hall–Kier alpha value is -4.09. The van der Waals surface area contributed by atoms with Crippen molar-refractivity contribution in [2.24, 2.45) is 5.41 Å². The van der Waals surface area contributed by atoms with Crippen molar-refractivity contribution in [2.75, 3.05) is 5.32 Å². The molecule has 1 aromatic carbocycles. The largest absolute Gasteiger partial charge is 0.403 e. The Morgan fingerprint density at radius 3 is 2.62 bits per heavy atom. The molecule has 34 heavy (non-hydrogen) atoms. The molecule has 0 spiro atoms. The van der Waals surface area contributed by atoms with Gasteiger partial charge in [-0.25, -0.2) is 14.4 Å². The molecular weight excluding hydrogens is 456 g/mol. The van der Waals surface area contributed by atoms with E-state index < -0.39 is 23.3 Å². The first kappa shape index (κ1) is 23.1. The van der Waals surface area contributed by atoms with Crippen molar-refractivity contribution >= 4 is 23.1 Å². The second-order valence-corrected chi connectivity index (χ2v) is 7.60. The minimum atomic E-state index is -4.65. The van der Waals surface area contributed by atoms with Gasteiger partial charge in [0, 0.05) is 24.4 Å². The minimum absolute atomic E-state index is 0.0785. The second kappa shape index (κ2) is 9.04. The lowest BCUT2D eigenvalue weighted by atomic mass is 10.1. The molecule has 0 aliphatic heterocycles. The Balaban J connectivity index is 1.53. The first-order chi connectivity index (χ1) is 16.2. The van der Waals surface area contributed by atoms with Gasteiger partial charge < -0.3 is 15.2 Å². The molecule has 12 heteroatoms. The number of anilines is 1. The number of nitrogens with one attached hydrogen (secondary N) is 3. The van der Waals surface area contributed by atoms with E-state index in [9.17, 15) is 22.4 Å². The van der Waals surface area contributed by atoms with Crippen LogP contribution in [-0.2, 0) is 11.3 Å². The van der Waals surface area contributed by atoms with Gasteiger partial charge in [0.1, 0.15) is 34.7 Å². The van der Waals surface area contributed by atoms with Crippen molar-refractivity contribution in [1.82, 2.24) is 20.4 Å². The van der Waals surface area contributed by atoms with Crippen LogP contribution in [0.1, 0.15) is 29.9 Å². The molecule has 0 atom stereocenters. The van der Waals surface area contributed by atoms with Crippen LogP contribution < -0.4 is 10.6 Å². The predicted octanol–water partition coefficient (Wildman–Crippen LogP) is 4.08. The summed E-state index contributed by atoms with van der Waals surface area (Å²) in [4.78, 5) is 20.1. The molecule has 0 bridgehead atoms. The van der Waals surface area contributed by atoms with Gasteiger partial charge >= 0.3 is 6.18 Å². The summed E-state index contributed by atoms with van der Waals surface area (Å²) in [5.41, 5.74) is -1.63. The molecule has 176 valence electrons. The molecular formula is C22H18F4N6O2. The first-order valence-electron chi connectivity index (χ1n) is 10.1. The summed E-state index contributed by atoms with van der Waals surface area (Å²) in [6, 6.07) is 8.91. The lowest BCUT2D eigenvalue weighted by Crippen LogP contribution is -2.37. The number of rotatable bonds is 8. The molecule has 0 unspecified atom stereocenters. The van der Waals surface area contributed by atoms with E-state index in [1.807, 2.05) is 0 Å². The summed E-state index contributed by atoms with van der Waals surface area (Å²) in [5.74, 6) is -1.92. The molecule has 8 nitrogen and oxygen atoms in total. The molecule has 1 aliphatic rings. The van der Waals surface area contributed by atoms with Crippen molar-refractivity contribution in [3.8, 4) is 0 Å². The second-order valence-electron chi connectivity index (χ2n) is 7.60. The molecule has 1 saturated carbocycles. The normalized spacial score (nSPS) is 15.0. The van der Waals surface area contributed by atoms with Gasteiger partial charge in [0.2, 0.25) is 5.91 Å². The van der Waals surface area contributed by atoms with Crippen LogP contribution in [0.25, 0.3) is 5.70 Å². The van der Waals surface area contributed by atoms with E-state index in [-0.39, 0.29) is 36.7 Å². The minimum Gasteiger partial charge on any atom is -0.379 e. The van der Waals surface area contributed by atoms with Crippen LogP contribution in [0.3, 0.4) is 0 Å². The van der Waals surface area contributed by atoms with Crippen molar-refractivity contribution < 1.29 is 26.9 Å². The molecule has 2 aromatic heterocycles. The molecule has 1 fully saturated rings. The molecule has 1 amide bonds. The summed E-state index contributed by atoms with van der Waals surface area (Å²) in [6.07, 6.45) is -1.37. The zero-order valence-electron chi connectivity index (χ0n) is 17.5. The summed E-state index contributed by atoms with van der Waals surface area (Å²) in [7, 11) is 0. The van der Waals surface area contributed by atoms with Gasteiger partial charge in [-0.15, -0.1) is 0 Å². The monoisotopic (exact) mass is 474 g/mol. The fraction of sp³-hybridized carbons (Fsp3) is 0.227. The number of hydrogen-bond acceptors (Lipinski definition) is 7. The zero-order chi connectivity index (χ0) is 24.3. The van der Waals surface area contributed by atoms with E-state index in [0.717, 1.165) is 0 Å². The summed E-state index contributed by atoms with van der Waals surface area (Å²) in [5, 5.41) is 17.3. The molecule has 1 aliphatic carbocycles. The predicted molar refractivity (Wildman–Crippen MR) is 113 cm³/mol. The Morgan fingerprint density at radius 1 is 1.21 bits per heavy atom. The lowest BCUT2D eigenvalue weighted by molar-refractivity contribution is -0.189. The Bertz CT molecular complexity index is 1240. The van der Waals surface area contributed by atoms with Crippen LogP contribution in [0.5, 0.6) is 0 Å². The van der Waals surface area contributed by atoms with Crippen molar-refractivity contribution in [3.05, 3.63) is 77.8 Å². The number of aromatic nitrogens is 3. The maximum atomic E-state index is 14.0. The lowest BCUT2D eigenvalue weighted by Gasteiger charge is -2.18. The maximum absolute atomic E-state index is 14.0. The third-order valence-corrected chi connectivity index (χ3v) is 5.29. The maximum Gasteiger partial charge on any atom is 0.403 e. The highest BCUT2D eigenvalue weighted by molar-refractivity contribution is 6.08. The Kier molecular flexibility index (Phi) is 6.14. The molecule has 0 saturated heterocycles.